The number of pyridine rings is 1. The molecule has 0 unspecified atom stereocenters. The van der Waals surface area contributed by atoms with Crippen LogP contribution in [0.15, 0.2) is 30.9 Å². The van der Waals surface area contributed by atoms with Gasteiger partial charge in [-0.15, -0.1) is 0 Å². The topological polar surface area (TPSA) is 77.0 Å². The van der Waals surface area contributed by atoms with E-state index in [4.69, 9.17) is 16.3 Å². The number of carbonyl (C=O) groups is 1. The Labute approximate surface area is 114 Å². The molecule has 7 heteroatoms. The zero-order chi connectivity index (χ0) is 13.7. The maximum absolute atomic E-state index is 11.8. The third-order valence-electron chi connectivity index (χ3n) is 2.17. The van der Waals surface area contributed by atoms with Crippen LogP contribution in [0.5, 0.6) is 0 Å². The van der Waals surface area contributed by atoms with Crippen LogP contribution in [0, 0.1) is 0 Å². The molecular weight excluding hydrogens is 268 g/mol. The fourth-order valence-electron chi connectivity index (χ4n) is 1.41. The Morgan fingerprint density at radius 2 is 2.11 bits per heavy atom. The van der Waals surface area contributed by atoms with Gasteiger partial charge in [-0.2, -0.15) is 0 Å². The van der Waals surface area contributed by atoms with Crippen molar-refractivity contribution in [2.45, 2.75) is 6.92 Å². The Hall–Kier alpha value is -2.21. The Balaban J connectivity index is 2.32. The second-order valence-corrected chi connectivity index (χ2v) is 3.89. The fourth-order valence-corrected chi connectivity index (χ4v) is 1.56. The smallest absolute Gasteiger partial charge is 0.359 e. The van der Waals surface area contributed by atoms with E-state index in [2.05, 4.69) is 20.3 Å². The summed E-state index contributed by atoms with van der Waals surface area (Å²) in [7, 11) is 0. The molecule has 0 spiro atoms. The first-order chi connectivity index (χ1) is 9.20. The van der Waals surface area contributed by atoms with Gasteiger partial charge in [-0.3, -0.25) is 0 Å². The van der Waals surface area contributed by atoms with Gasteiger partial charge in [0.05, 0.1) is 30.4 Å². The molecule has 2 heterocycles. The SMILES string of the molecule is CCOC(=O)c1nc(Cl)ccc1Nc1cncnc1. The Morgan fingerprint density at radius 3 is 2.79 bits per heavy atom. The molecule has 1 N–H and O–H groups in total. The van der Waals surface area contributed by atoms with Gasteiger partial charge in [0.25, 0.3) is 0 Å². The minimum absolute atomic E-state index is 0.123. The molecule has 2 aromatic rings. The van der Waals surface area contributed by atoms with Crippen LogP contribution in [0.3, 0.4) is 0 Å². The van der Waals surface area contributed by atoms with Crippen molar-refractivity contribution >= 4 is 28.9 Å². The number of ether oxygens (including phenoxy) is 1. The summed E-state index contributed by atoms with van der Waals surface area (Å²) in [4.78, 5) is 23.5. The molecule has 0 atom stereocenters. The largest absolute Gasteiger partial charge is 0.461 e. The Bertz CT molecular complexity index is 577. The van der Waals surface area contributed by atoms with E-state index in [-0.39, 0.29) is 17.5 Å². The van der Waals surface area contributed by atoms with Crippen molar-refractivity contribution in [2.24, 2.45) is 0 Å². The number of nitrogens with zero attached hydrogens (tertiary/aromatic N) is 3. The van der Waals surface area contributed by atoms with Gasteiger partial charge >= 0.3 is 5.97 Å². The first-order valence-corrected chi connectivity index (χ1v) is 5.94. The van der Waals surface area contributed by atoms with Gasteiger partial charge in [-0.05, 0) is 19.1 Å². The molecule has 0 aliphatic carbocycles. The molecule has 19 heavy (non-hydrogen) atoms. The molecule has 2 aromatic heterocycles. The van der Waals surface area contributed by atoms with E-state index in [1.54, 1.807) is 31.5 Å². The highest BCUT2D eigenvalue weighted by atomic mass is 35.5. The van der Waals surface area contributed by atoms with Crippen molar-refractivity contribution < 1.29 is 9.53 Å². The van der Waals surface area contributed by atoms with E-state index in [0.717, 1.165) is 0 Å². The maximum Gasteiger partial charge on any atom is 0.359 e. The molecule has 0 aliphatic rings. The zero-order valence-corrected chi connectivity index (χ0v) is 10.9. The monoisotopic (exact) mass is 278 g/mol. The van der Waals surface area contributed by atoms with Crippen molar-refractivity contribution in [2.75, 3.05) is 11.9 Å². The number of carbonyl (C=O) groups excluding carboxylic acids is 1. The third-order valence-corrected chi connectivity index (χ3v) is 2.38. The Morgan fingerprint density at radius 1 is 1.37 bits per heavy atom. The van der Waals surface area contributed by atoms with Crippen LogP contribution in [0.1, 0.15) is 17.4 Å². The number of halogens is 1. The molecule has 0 saturated carbocycles. The molecule has 0 radical (unpaired) electrons. The predicted octanol–water partition coefficient (Wildman–Crippen LogP) is 2.45. The predicted molar refractivity (Wildman–Crippen MR) is 70.5 cm³/mol. The van der Waals surface area contributed by atoms with E-state index < -0.39 is 5.97 Å². The summed E-state index contributed by atoms with van der Waals surface area (Å²) in [6.45, 7) is 1.99. The number of nitrogens with one attached hydrogen (secondary N) is 1. The van der Waals surface area contributed by atoms with Crippen LogP contribution in [0.4, 0.5) is 11.4 Å². The van der Waals surface area contributed by atoms with Gasteiger partial charge in [0, 0.05) is 0 Å². The van der Waals surface area contributed by atoms with Crippen molar-refractivity contribution in [1.82, 2.24) is 15.0 Å². The molecule has 0 aliphatic heterocycles. The van der Waals surface area contributed by atoms with Gasteiger partial charge in [-0.25, -0.2) is 19.7 Å². The van der Waals surface area contributed by atoms with Crippen LogP contribution < -0.4 is 5.32 Å². The average molecular weight is 279 g/mol. The molecule has 0 amide bonds. The minimum Gasteiger partial charge on any atom is -0.461 e. The number of esters is 1. The normalized spacial score (nSPS) is 10.0. The number of anilines is 2. The molecule has 0 saturated heterocycles. The molecule has 98 valence electrons. The number of hydrogen-bond acceptors (Lipinski definition) is 6. The van der Waals surface area contributed by atoms with Gasteiger partial charge < -0.3 is 10.1 Å². The van der Waals surface area contributed by atoms with Crippen LogP contribution >= 0.6 is 11.6 Å². The summed E-state index contributed by atoms with van der Waals surface area (Å²) in [6, 6.07) is 3.23. The summed E-state index contributed by atoms with van der Waals surface area (Å²) in [6.07, 6.45) is 4.57. The summed E-state index contributed by atoms with van der Waals surface area (Å²) < 4.78 is 4.93. The van der Waals surface area contributed by atoms with Crippen molar-refractivity contribution in [1.29, 1.82) is 0 Å². The lowest BCUT2D eigenvalue weighted by Gasteiger charge is -2.10. The minimum atomic E-state index is -0.538. The van der Waals surface area contributed by atoms with E-state index in [1.807, 2.05) is 0 Å². The fraction of sp³-hybridized carbons (Fsp3) is 0.167. The number of rotatable bonds is 4. The quantitative estimate of drug-likeness (QED) is 0.684. The molecule has 0 fully saturated rings. The standard InChI is InChI=1S/C12H11ClN4O2/c1-2-19-12(18)11-9(3-4-10(13)17-11)16-8-5-14-7-15-6-8/h3-7,16H,2H2,1H3. The molecule has 6 nitrogen and oxygen atoms in total. The van der Waals surface area contributed by atoms with Crippen LogP contribution in [0.2, 0.25) is 5.15 Å². The highest BCUT2D eigenvalue weighted by Crippen LogP contribution is 2.21. The average Bonchev–Trinajstić information content (AvgIpc) is 2.42. The molecule has 0 aromatic carbocycles. The molecular formula is C12H11ClN4O2. The lowest BCUT2D eigenvalue weighted by Crippen LogP contribution is -2.10. The first kappa shape index (κ1) is 13.2. The van der Waals surface area contributed by atoms with Gasteiger partial charge in [0.2, 0.25) is 0 Å². The molecule has 0 bridgehead atoms. The highest BCUT2D eigenvalue weighted by molar-refractivity contribution is 6.29. The van der Waals surface area contributed by atoms with Gasteiger partial charge in [0.1, 0.15) is 11.5 Å². The van der Waals surface area contributed by atoms with E-state index in [1.165, 1.54) is 6.33 Å². The number of aromatic nitrogens is 3. The van der Waals surface area contributed by atoms with Crippen LogP contribution in [-0.2, 0) is 4.74 Å². The number of hydrogen-bond donors (Lipinski definition) is 1. The lowest BCUT2D eigenvalue weighted by atomic mass is 10.3. The summed E-state index contributed by atoms with van der Waals surface area (Å²) in [5.74, 6) is -0.538. The second kappa shape index (κ2) is 6.10. The van der Waals surface area contributed by atoms with Crippen molar-refractivity contribution in [3.63, 3.8) is 0 Å². The maximum atomic E-state index is 11.8. The van der Waals surface area contributed by atoms with Crippen molar-refractivity contribution in [3.05, 3.63) is 41.7 Å². The summed E-state index contributed by atoms with van der Waals surface area (Å²) >= 11 is 5.79. The molecule has 2 rings (SSSR count). The summed E-state index contributed by atoms with van der Waals surface area (Å²) in [5, 5.41) is 3.21. The third kappa shape index (κ3) is 3.38. The zero-order valence-electron chi connectivity index (χ0n) is 10.1. The van der Waals surface area contributed by atoms with Crippen molar-refractivity contribution in [3.8, 4) is 0 Å². The summed E-state index contributed by atoms with van der Waals surface area (Å²) in [5.41, 5.74) is 1.24. The van der Waals surface area contributed by atoms with Gasteiger partial charge in [0.15, 0.2) is 5.69 Å². The van der Waals surface area contributed by atoms with Crippen LogP contribution in [-0.4, -0.2) is 27.5 Å². The van der Waals surface area contributed by atoms with E-state index in [9.17, 15) is 4.79 Å². The second-order valence-electron chi connectivity index (χ2n) is 3.50. The van der Waals surface area contributed by atoms with E-state index in [0.29, 0.717) is 11.4 Å². The lowest BCUT2D eigenvalue weighted by molar-refractivity contribution is 0.0521. The first-order valence-electron chi connectivity index (χ1n) is 5.56. The highest BCUT2D eigenvalue weighted by Gasteiger charge is 2.15. The van der Waals surface area contributed by atoms with Gasteiger partial charge in [-0.1, -0.05) is 11.6 Å². The Kier molecular flexibility index (Phi) is 4.25. The van der Waals surface area contributed by atoms with Crippen LogP contribution in [0.25, 0.3) is 0 Å². The van der Waals surface area contributed by atoms with E-state index >= 15 is 0 Å².